The number of hydrogen-bond donors (Lipinski definition) is 0. The van der Waals surface area contributed by atoms with Crippen molar-refractivity contribution < 1.29 is 4.74 Å². The summed E-state index contributed by atoms with van der Waals surface area (Å²) in [7, 11) is 0. The van der Waals surface area contributed by atoms with Gasteiger partial charge in [-0.3, -0.25) is 0 Å². The fourth-order valence-corrected chi connectivity index (χ4v) is 1.33. The predicted molar refractivity (Wildman–Crippen MR) is 60.8 cm³/mol. The second kappa shape index (κ2) is 4.99. The zero-order valence-electron chi connectivity index (χ0n) is 8.68. The van der Waals surface area contributed by atoms with Crippen LogP contribution in [0.15, 0.2) is 48.5 Å². The lowest BCUT2D eigenvalue weighted by Crippen LogP contribution is -1.95. The summed E-state index contributed by atoms with van der Waals surface area (Å²) in [6, 6.07) is 20.0. The van der Waals surface area contributed by atoms with Crippen LogP contribution >= 0.6 is 0 Å². The summed E-state index contributed by atoms with van der Waals surface area (Å²) in [6.45, 7) is 0.492. The van der Waals surface area contributed by atoms with Crippen LogP contribution < -0.4 is 4.74 Å². The SMILES string of the molecule is N#Cc1cc[c]c(OCc2ccccc2)c1. The third-order valence-electron chi connectivity index (χ3n) is 2.14. The Hall–Kier alpha value is -2.27. The number of benzene rings is 2. The van der Waals surface area contributed by atoms with Crippen molar-refractivity contribution in [3.05, 3.63) is 65.7 Å². The molecular weight excluding hydrogens is 198 g/mol. The highest BCUT2D eigenvalue weighted by Gasteiger charge is 1.97. The molecule has 0 saturated carbocycles. The Morgan fingerprint density at radius 2 is 2.00 bits per heavy atom. The lowest BCUT2D eigenvalue weighted by atomic mass is 10.2. The summed E-state index contributed by atoms with van der Waals surface area (Å²) in [6.07, 6.45) is 0. The molecule has 2 aromatic carbocycles. The van der Waals surface area contributed by atoms with E-state index in [1.54, 1.807) is 18.2 Å². The molecule has 2 rings (SSSR count). The van der Waals surface area contributed by atoms with Crippen molar-refractivity contribution >= 4 is 0 Å². The van der Waals surface area contributed by atoms with Crippen LogP contribution in [0.4, 0.5) is 0 Å². The van der Waals surface area contributed by atoms with Crippen LogP contribution in [0.3, 0.4) is 0 Å². The van der Waals surface area contributed by atoms with E-state index in [2.05, 4.69) is 12.1 Å². The van der Waals surface area contributed by atoms with Crippen molar-refractivity contribution in [2.75, 3.05) is 0 Å². The molecule has 0 atom stereocenters. The van der Waals surface area contributed by atoms with Gasteiger partial charge in [-0.15, -0.1) is 0 Å². The molecule has 0 bridgehead atoms. The first-order chi connectivity index (χ1) is 7.88. The van der Waals surface area contributed by atoms with Crippen LogP contribution in [-0.4, -0.2) is 0 Å². The highest BCUT2D eigenvalue weighted by Crippen LogP contribution is 2.13. The fourth-order valence-electron chi connectivity index (χ4n) is 1.33. The number of rotatable bonds is 3. The maximum atomic E-state index is 8.73. The zero-order valence-corrected chi connectivity index (χ0v) is 8.68. The van der Waals surface area contributed by atoms with E-state index in [1.165, 1.54) is 0 Å². The van der Waals surface area contributed by atoms with Crippen molar-refractivity contribution in [2.45, 2.75) is 6.61 Å². The van der Waals surface area contributed by atoms with E-state index in [4.69, 9.17) is 10.00 Å². The van der Waals surface area contributed by atoms with Gasteiger partial charge in [0.05, 0.1) is 11.6 Å². The summed E-state index contributed by atoms with van der Waals surface area (Å²) < 4.78 is 5.53. The predicted octanol–water partition coefficient (Wildman–Crippen LogP) is 2.94. The molecule has 0 aliphatic heterocycles. The average molecular weight is 208 g/mol. The molecule has 0 N–H and O–H groups in total. The third-order valence-corrected chi connectivity index (χ3v) is 2.14. The van der Waals surface area contributed by atoms with Crippen molar-refractivity contribution in [3.63, 3.8) is 0 Å². The van der Waals surface area contributed by atoms with E-state index < -0.39 is 0 Å². The first-order valence-electron chi connectivity index (χ1n) is 4.97. The molecule has 2 aromatic rings. The molecular formula is C14H10NO. The van der Waals surface area contributed by atoms with Crippen LogP contribution in [0.5, 0.6) is 5.75 Å². The van der Waals surface area contributed by atoms with Gasteiger partial charge in [0.2, 0.25) is 0 Å². The second-order valence-electron chi connectivity index (χ2n) is 3.33. The van der Waals surface area contributed by atoms with Gasteiger partial charge in [-0.1, -0.05) is 30.3 Å². The lowest BCUT2D eigenvalue weighted by molar-refractivity contribution is 0.305. The Balaban J connectivity index is 2.03. The van der Waals surface area contributed by atoms with Gasteiger partial charge >= 0.3 is 0 Å². The molecule has 77 valence electrons. The first kappa shape index (κ1) is 10.3. The average Bonchev–Trinajstić information content (AvgIpc) is 2.38. The summed E-state index contributed by atoms with van der Waals surface area (Å²) in [5.74, 6) is 0.600. The summed E-state index contributed by atoms with van der Waals surface area (Å²) in [5.41, 5.74) is 1.68. The standard InChI is InChI=1S/C14H10NO/c15-10-13-7-4-8-14(9-13)16-11-12-5-2-1-3-6-12/h1-7,9H,11H2. The summed E-state index contributed by atoms with van der Waals surface area (Å²) in [5, 5.41) is 8.73. The Morgan fingerprint density at radius 1 is 1.19 bits per heavy atom. The molecule has 0 amide bonds. The molecule has 0 aliphatic rings. The number of ether oxygens (including phenoxy) is 1. The molecule has 2 heteroatoms. The van der Waals surface area contributed by atoms with Crippen molar-refractivity contribution in [1.29, 1.82) is 5.26 Å². The minimum Gasteiger partial charge on any atom is -0.488 e. The second-order valence-corrected chi connectivity index (χ2v) is 3.33. The minimum absolute atomic E-state index is 0.492. The van der Waals surface area contributed by atoms with Crippen LogP contribution in [-0.2, 0) is 6.61 Å². The van der Waals surface area contributed by atoms with Gasteiger partial charge in [0.15, 0.2) is 0 Å². The molecule has 0 aliphatic carbocycles. The summed E-state index contributed by atoms with van der Waals surface area (Å²) in [4.78, 5) is 0. The normalized spacial score (nSPS) is 9.44. The summed E-state index contributed by atoms with van der Waals surface area (Å²) >= 11 is 0. The number of nitrogens with zero attached hydrogens (tertiary/aromatic N) is 1. The van der Waals surface area contributed by atoms with E-state index in [-0.39, 0.29) is 0 Å². The lowest BCUT2D eigenvalue weighted by Gasteiger charge is -2.05. The van der Waals surface area contributed by atoms with Gasteiger partial charge in [-0.05, 0) is 23.8 Å². The monoisotopic (exact) mass is 208 g/mol. The number of hydrogen-bond acceptors (Lipinski definition) is 2. The Labute approximate surface area is 94.7 Å². The van der Waals surface area contributed by atoms with E-state index in [0.29, 0.717) is 17.9 Å². The number of nitriles is 1. The molecule has 0 fully saturated rings. The van der Waals surface area contributed by atoms with Gasteiger partial charge in [-0.25, -0.2) is 0 Å². The molecule has 0 spiro atoms. The largest absolute Gasteiger partial charge is 0.488 e. The van der Waals surface area contributed by atoms with Gasteiger partial charge in [0.1, 0.15) is 12.4 Å². The Bertz CT molecular complexity index is 500. The fraction of sp³-hybridized carbons (Fsp3) is 0.0714. The molecule has 16 heavy (non-hydrogen) atoms. The van der Waals surface area contributed by atoms with Crippen molar-refractivity contribution in [2.24, 2.45) is 0 Å². The minimum atomic E-state index is 0.492. The first-order valence-corrected chi connectivity index (χ1v) is 4.97. The maximum Gasteiger partial charge on any atom is 0.129 e. The van der Waals surface area contributed by atoms with Gasteiger partial charge < -0.3 is 4.74 Å². The molecule has 0 aromatic heterocycles. The van der Waals surface area contributed by atoms with E-state index >= 15 is 0 Å². The molecule has 0 saturated heterocycles. The van der Waals surface area contributed by atoms with Gasteiger partial charge in [0, 0.05) is 6.07 Å². The highest BCUT2D eigenvalue weighted by molar-refractivity contribution is 5.35. The van der Waals surface area contributed by atoms with Crippen LogP contribution in [0.25, 0.3) is 0 Å². The van der Waals surface area contributed by atoms with E-state index in [9.17, 15) is 0 Å². The smallest absolute Gasteiger partial charge is 0.129 e. The Morgan fingerprint density at radius 3 is 2.75 bits per heavy atom. The zero-order chi connectivity index (χ0) is 11.2. The highest BCUT2D eigenvalue weighted by atomic mass is 16.5. The van der Waals surface area contributed by atoms with Crippen LogP contribution in [0.1, 0.15) is 11.1 Å². The molecule has 1 radical (unpaired) electrons. The molecule has 2 nitrogen and oxygen atoms in total. The molecule has 0 unspecified atom stereocenters. The topological polar surface area (TPSA) is 33.0 Å². The van der Waals surface area contributed by atoms with Gasteiger partial charge in [0.25, 0.3) is 0 Å². The quantitative estimate of drug-likeness (QED) is 0.776. The Kier molecular flexibility index (Phi) is 3.20. The maximum absolute atomic E-state index is 8.73. The molecule has 0 heterocycles. The van der Waals surface area contributed by atoms with Crippen molar-refractivity contribution in [1.82, 2.24) is 0 Å². The van der Waals surface area contributed by atoms with E-state index in [0.717, 1.165) is 5.56 Å². The van der Waals surface area contributed by atoms with Crippen LogP contribution in [0, 0.1) is 17.4 Å². The van der Waals surface area contributed by atoms with Gasteiger partial charge in [-0.2, -0.15) is 5.26 Å². The third kappa shape index (κ3) is 2.61. The van der Waals surface area contributed by atoms with Crippen LogP contribution in [0.2, 0.25) is 0 Å². The van der Waals surface area contributed by atoms with E-state index in [1.807, 2.05) is 30.3 Å². The van der Waals surface area contributed by atoms with Crippen molar-refractivity contribution in [3.8, 4) is 11.8 Å².